The number of nitrogens with two attached hydrogens (primary N) is 1. The summed E-state index contributed by atoms with van der Waals surface area (Å²) in [7, 11) is 0. The first-order chi connectivity index (χ1) is 8.88. The van der Waals surface area contributed by atoms with Crippen molar-refractivity contribution in [3.63, 3.8) is 0 Å². The molecule has 11 heteroatoms. The largest absolute Gasteiger partial charge is 0.394 e. The first-order valence-corrected chi connectivity index (χ1v) is 5.24. The molecule has 1 fully saturated rings. The molecule has 1 aromatic rings. The number of nitrogens with zero attached hydrogens (tertiary/aromatic N) is 2. The number of aliphatic hydroxyl groups is 3. The lowest BCUT2D eigenvalue weighted by atomic mass is 10.1. The summed E-state index contributed by atoms with van der Waals surface area (Å²) in [6, 6.07) is 0. The highest BCUT2D eigenvalue weighted by Crippen LogP contribution is 2.29. The Morgan fingerprint density at radius 1 is 1.35 bits per heavy atom. The van der Waals surface area contributed by atoms with E-state index in [-0.39, 0.29) is 17.0 Å². The van der Waals surface area contributed by atoms with Crippen molar-refractivity contribution in [3.8, 4) is 0 Å². The predicted octanol–water partition coefficient (Wildman–Crippen LogP) is -1.86. The van der Waals surface area contributed by atoms with Gasteiger partial charge in [0.05, 0.1) is 6.61 Å². The van der Waals surface area contributed by atoms with Crippen molar-refractivity contribution in [2.75, 3.05) is 12.3 Å². The number of aliphatic hydroxyl groups excluding tert-OH is 3. The molecule has 1 unspecified atom stereocenters. The minimum atomic E-state index is -1.73. The maximum atomic E-state index is 13.6. The summed E-state index contributed by atoms with van der Waals surface area (Å²) >= 11 is 0. The Balaban J connectivity index is 0.00000200. The molecular weight excluding hydrogens is 304 g/mol. The van der Waals surface area contributed by atoms with Crippen molar-refractivity contribution in [1.82, 2.24) is 9.55 Å². The smallest absolute Gasteiger partial charge is 0.354 e. The zero-order valence-electron chi connectivity index (χ0n) is 9.81. The number of rotatable bonds is 2. The van der Waals surface area contributed by atoms with E-state index in [1.807, 2.05) is 0 Å². The number of hydrogen-bond donors (Lipinski definition) is 4. The Morgan fingerprint density at radius 3 is 2.45 bits per heavy atom. The summed E-state index contributed by atoms with van der Waals surface area (Å²) in [6.45, 7) is -0.671. The quantitative estimate of drug-likeness (QED) is 0.471. The average molecular weight is 316 g/mol. The first-order valence-electron chi connectivity index (χ1n) is 5.24. The lowest BCUT2D eigenvalue weighted by molar-refractivity contribution is -0.0607. The molecule has 0 spiro atoms. The van der Waals surface area contributed by atoms with Gasteiger partial charge in [-0.2, -0.15) is 13.8 Å². The number of nitrogen functional groups attached to an aromatic ring is 1. The highest BCUT2D eigenvalue weighted by molar-refractivity contribution is 5.85. The summed E-state index contributed by atoms with van der Waals surface area (Å²) in [5.74, 6) is -4.17. The molecule has 4 atom stereocenters. The van der Waals surface area contributed by atoms with E-state index in [1.54, 1.807) is 0 Å². The van der Waals surface area contributed by atoms with Crippen LogP contribution < -0.4 is 11.4 Å². The maximum absolute atomic E-state index is 13.6. The minimum Gasteiger partial charge on any atom is -0.394 e. The Morgan fingerprint density at radius 2 is 1.95 bits per heavy atom. The second kappa shape index (κ2) is 5.97. The van der Waals surface area contributed by atoms with Gasteiger partial charge in [0.2, 0.25) is 11.8 Å². The van der Waals surface area contributed by atoms with Crippen LogP contribution in [0.2, 0.25) is 0 Å². The van der Waals surface area contributed by atoms with Gasteiger partial charge in [0.1, 0.15) is 18.3 Å². The summed E-state index contributed by atoms with van der Waals surface area (Å²) in [4.78, 5) is 14.5. The van der Waals surface area contributed by atoms with Gasteiger partial charge in [-0.05, 0) is 0 Å². The van der Waals surface area contributed by atoms with Crippen LogP contribution in [0, 0.1) is 11.8 Å². The van der Waals surface area contributed by atoms with Crippen LogP contribution in [-0.2, 0) is 4.74 Å². The van der Waals surface area contributed by atoms with Gasteiger partial charge < -0.3 is 25.8 Å². The molecule has 1 saturated heterocycles. The van der Waals surface area contributed by atoms with E-state index in [0.717, 1.165) is 0 Å². The standard InChI is InChI=1S/C9H11F2N3O5.ClH/c10-3-6(11)14(9(18)13-7(3)12)8-5(17)4(16)2(1-15)19-8;/h2,4-5,8,15-17H,1H2,(H2,12,13,18);1H/t2-,4-,5-,8?;/m1./s1. The van der Waals surface area contributed by atoms with Crippen molar-refractivity contribution >= 4 is 18.2 Å². The summed E-state index contributed by atoms with van der Waals surface area (Å²) < 4.78 is 31.9. The fourth-order valence-corrected chi connectivity index (χ4v) is 1.82. The zero-order valence-corrected chi connectivity index (χ0v) is 10.6. The fourth-order valence-electron chi connectivity index (χ4n) is 1.82. The molecule has 0 bridgehead atoms. The third-order valence-electron chi connectivity index (χ3n) is 2.81. The number of ether oxygens (including phenoxy) is 1. The van der Waals surface area contributed by atoms with Crippen molar-refractivity contribution in [2.24, 2.45) is 0 Å². The third kappa shape index (κ3) is 2.47. The van der Waals surface area contributed by atoms with Crippen molar-refractivity contribution < 1.29 is 28.8 Å². The zero-order chi connectivity index (χ0) is 14.3. The molecule has 1 aliphatic rings. The Hall–Kier alpha value is -1.33. The Labute approximate surface area is 116 Å². The van der Waals surface area contributed by atoms with Crippen molar-refractivity contribution in [1.29, 1.82) is 0 Å². The second-order valence-corrected chi connectivity index (χ2v) is 3.98. The normalized spacial score (nSPS) is 29.2. The number of halogens is 3. The molecule has 2 heterocycles. The van der Waals surface area contributed by atoms with E-state index in [9.17, 15) is 23.8 Å². The van der Waals surface area contributed by atoms with Gasteiger partial charge in [-0.25, -0.2) is 9.36 Å². The van der Waals surface area contributed by atoms with Gasteiger partial charge in [-0.1, -0.05) is 0 Å². The van der Waals surface area contributed by atoms with E-state index in [1.165, 1.54) is 0 Å². The molecule has 0 amide bonds. The number of hydrogen-bond acceptors (Lipinski definition) is 7. The molecule has 5 N–H and O–H groups in total. The molecule has 20 heavy (non-hydrogen) atoms. The van der Waals surface area contributed by atoms with Gasteiger partial charge in [-0.15, -0.1) is 12.4 Å². The molecule has 1 aliphatic heterocycles. The van der Waals surface area contributed by atoms with Crippen molar-refractivity contribution in [3.05, 3.63) is 22.2 Å². The van der Waals surface area contributed by atoms with E-state index < -0.39 is 54.4 Å². The van der Waals surface area contributed by atoms with Crippen LogP contribution in [0.25, 0.3) is 0 Å². The summed E-state index contributed by atoms with van der Waals surface area (Å²) in [6.07, 6.45) is -6.22. The van der Waals surface area contributed by atoms with Crippen LogP contribution in [0.5, 0.6) is 0 Å². The highest BCUT2D eigenvalue weighted by Gasteiger charge is 2.45. The van der Waals surface area contributed by atoms with E-state index in [0.29, 0.717) is 0 Å². The van der Waals surface area contributed by atoms with Gasteiger partial charge >= 0.3 is 5.69 Å². The van der Waals surface area contributed by atoms with Crippen LogP contribution >= 0.6 is 12.4 Å². The van der Waals surface area contributed by atoms with Crippen LogP contribution in [-0.4, -0.2) is 49.8 Å². The fraction of sp³-hybridized carbons (Fsp3) is 0.556. The lowest BCUT2D eigenvalue weighted by Crippen LogP contribution is -2.38. The van der Waals surface area contributed by atoms with Crippen LogP contribution in [0.1, 0.15) is 6.23 Å². The van der Waals surface area contributed by atoms with Crippen LogP contribution in [0.3, 0.4) is 0 Å². The van der Waals surface area contributed by atoms with Crippen molar-refractivity contribution in [2.45, 2.75) is 24.5 Å². The monoisotopic (exact) mass is 315 g/mol. The lowest BCUT2D eigenvalue weighted by Gasteiger charge is -2.18. The SMILES string of the molecule is Cl.Nc1nc(=O)n(C2O[C@H](CO)[C@@H](O)[C@H]2O)c(F)c1F. The number of anilines is 1. The molecule has 0 radical (unpaired) electrons. The average Bonchev–Trinajstić information content (AvgIpc) is 2.64. The van der Waals surface area contributed by atoms with Gasteiger partial charge in [-0.3, -0.25) is 0 Å². The summed E-state index contributed by atoms with van der Waals surface area (Å²) in [5, 5.41) is 28.0. The molecule has 1 aromatic heterocycles. The second-order valence-electron chi connectivity index (χ2n) is 3.98. The van der Waals surface area contributed by atoms with Crippen LogP contribution in [0.15, 0.2) is 4.79 Å². The highest BCUT2D eigenvalue weighted by atomic mass is 35.5. The van der Waals surface area contributed by atoms with Crippen LogP contribution in [0.4, 0.5) is 14.6 Å². The first kappa shape index (κ1) is 16.7. The van der Waals surface area contributed by atoms with Gasteiger partial charge in [0, 0.05) is 0 Å². The van der Waals surface area contributed by atoms with E-state index in [4.69, 9.17) is 15.6 Å². The molecule has 2 rings (SSSR count). The van der Waals surface area contributed by atoms with E-state index >= 15 is 0 Å². The molecule has 0 aromatic carbocycles. The maximum Gasteiger partial charge on any atom is 0.354 e. The predicted molar refractivity (Wildman–Crippen MR) is 63.1 cm³/mol. The minimum absolute atomic E-state index is 0. The molecular formula is C9H12ClF2N3O5. The molecule has 0 saturated carbocycles. The van der Waals surface area contributed by atoms with Gasteiger partial charge in [0.25, 0.3) is 0 Å². The molecule has 114 valence electrons. The topological polar surface area (TPSA) is 131 Å². The molecule has 0 aliphatic carbocycles. The van der Waals surface area contributed by atoms with Gasteiger partial charge in [0.15, 0.2) is 12.0 Å². The third-order valence-corrected chi connectivity index (χ3v) is 2.81. The summed E-state index contributed by atoms with van der Waals surface area (Å²) in [5.41, 5.74) is 3.69. The Bertz CT molecular complexity index is 557. The Kier molecular flexibility index (Phi) is 5.00. The number of aromatic nitrogens is 2. The molecule has 8 nitrogen and oxygen atoms in total. The van der Waals surface area contributed by atoms with E-state index in [2.05, 4.69) is 4.98 Å².